The standard InChI is InChI=1S/C40H70N2O5/c1-3-5-7-9-11-13-15-17-19-21-23-28-34-39(44)47-36(30-25-22-20-18-16-14-12-10-8-6-4-2)31-26-24-27-33-38(43)42-37(40(45)46)32-29-35-41/h6,8,12,14,18,20,25,30,36-37H,3-5,7,9-11,13,15-17,19,21-24,26-29,31-35,41H2,1-2H3,(H,42,43)(H,45,46)/b8-6-,14-12-,20-18-,30-25-. The summed E-state index contributed by atoms with van der Waals surface area (Å²) in [5.74, 6) is -1.42. The molecule has 0 aliphatic heterocycles. The number of esters is 1. The summed E-state index contributed by atoms with van der Waals surface area (Å²) >= 11 is 0. The minimum Gasteiger partial charge on any atom is -0.480 e. The Morgan fingerprint density at radius 3 is 1.70 bits per heavy atom. The summed E-state index contributed by atoms with van der Waals surface area (Å²) < 4.78 is 5.86. The molecular formula is C40H70N2O5. The average Bonchev–Trinajstić information content (AvgIpc) is 3.05. The van der Waals surface area contributed by atoms with Gasteiger partial charge in [-0.15, -0.1) is 0 Å². The number of carboxylic acid groups (broad SMARTS) is 1. The number of allylic oxidation sites excluding steroid dienone is 7. The second-order valence-electron chi connectivity index (χ2n) is 12.6. The maximum Gasteiger partial charge on any atom is 0.326 e. The van der Waals surface area contributed by atoms with Gasteiger partial charge in [0.25, 0.3) is 0 Å². The van der Waals surface area contributed by atoms with Gasteiger partial charge in [-0.05, 0) is 76.8 Å². The SMILES string of the molecule is CC/C=C\C/C=C\C/C=C\C/C=C\C(CCCCCC(=O)NC(CCCN)C(=O)O)OC(=O)CCCCCCCCCCCCCC. The molecule has 0 aliphatic rings. The molecule has 0 aliphatic carbocycles. The molecule has 7 nitrogen and oxygen atoms in total. The molecule has 0 saturated heterocycles. The van der Waals surface area contributed by atoms with Crippen LogP contribution in [0.1, 0.15) is 168 Å². The number of rotatable bonds is 33. The largest absolute Gasteiger partial charge is 0.480 e. The van der Waals surface area contributed by atoms with Gasteiger partial charge in [0.1, 0.15) is 12.1 Å². The maximum absolute atomic E-state index is 12.7. The average molecular weight is 659 g/mol. The Morgan fingerprint density at radius 1 is 0.638 bits per heavy atom. The van der Waals surface area contributed by atoms with Crippen molar-refractivity contribution in [1.82, 2.24) is 5.32 Å². The van der Waals surface area contributed by atoms with E-state index in [9.17, 15) is 19.5 Å². The summed E-state index contributed by atoms with van der Waals surface area (Å²) in [7, 11) is 0. The number of carbonyl (C=O) groups is 3. The molecule has 0 aromatic rings. The summed E-state index contributed by atoms with van der Waals surface area (Å²) in [6.07, 6.45) is 40.2. The van der Waals surface area contributed by atoms with Crippen molar-refractivity contribution in [2.75, 3.05) is 6.54 Å². The number of carboxylic acids is 1. The van der Waals surface area contributed by atoms with Crippen molar-refractivity contribution < 1.29 is 24.2 Å². The van der Waals surface area contributed by atoms with Gasteiger partial charge in [-0.3, -0.25) is 9.59 Å². The lowest BCUT2D eigenvalue weighted by atomic mass is 10.0. The van der Waals surface area contributed by atoms with Crippen molar-refractivity contribution in [2.45, 2.75) is 180 Å². The monoisotopic (exact) mass is 659 g/mol. The zero-order valence-corrected chi connectivity index (χ0v) is 30.1. The Labute approximate surface area is 287 Å². The van der Waals surface area contributed by atoms with Gasteiger partial charge in [0.05, 0.1) is 0 Å². The predicted molar refractivity (Wildman–Crippen MR) is 197 cm³/mol. The second kappa shape index (κ2) is 34.7. The Balaban J connectivity index is 4.53. The van der Waals surface area contributed by atoms with Gasteiger partial charge in [0.2, 0.25) is 5.91 Å². The van der Waals surface area contributed by atoms with Crippen molar-refractivity contribution in [2.24, 2.45) is 5.73 Å². The maximum atomic E-state index is 12.7. The van der Waals surface area contributed by atoms with Crippen LogP contribution in [0.2, 0.25) is 0 Å². The third-order valence-electron chi connectivity index (χ3n) is 8.14. The van der Waals surface area contributed by atoms with Crippen molar-refractivity contribution in [3.8, 4) is 0 Å². The summed E-state index contributed by atoms with van der Waals surface area (Å²) in [6, 6.07) is -0.891. The zero-order chi connectivity index (χ0) is 34.6. The third kappa shape index (κ3) is 31.7. The number of ether oxygens (including phenoxy) is 1. The number of carbonyl (C=O) groups excluding carboxylic acids is 2. The molecule has 0 heterocycles. The van der Waals surface area contributed by atoms with E-state index in [0.717, 1.165) is 51.4 Å². The lowest BCUT2D eigenvalue weighted by Gasteiger charge is -2.15. The van der Waals surface area contributed by atoms with Gasteiger partial charge in [-0.1, -0.05) is 133 Å². The van der Waals surface area contributed by atoms with Crippen LogP contribution in [0.4, 0.5) is 0 Å². The number of amides is 1. The van der Waals surface area contributed by atoms with Gasteiger partial charge in [0.15, 0.2) is 0 Å². The van der Waals surface area contributed by atoms with Crippen molar-refractivity contribution in [1.29, 1.82) is 0 Å². The first-order valence-corrected chi connectivity index (χ1v) is 19.0. The Hall–Kier alpha value is -2.67. The number of unbranched alkanes of at least 4 members (excludes halogenated alkanes) is 13. The molecule has 2 atom stereocenters. The molecule has 0 rings (SSSR count). The highest BCUT2D eigenvalue weighted by Gasteiger charge is 2.19. The van der Waals surface area contributed by atoms with Crippen LogP contribution in [0.15, 0.2) is 48.6 Å². The van der Waals surface area contributed by atoms with E-state index in [-0.39, 0.29) is 24.4 Å². The van der Waals surface area contributed by atoms with E-state index in [0.29, 0.717) is 38.6 Å². The third-order valence-corrected chi connectivity index (χ3v) is 8.14. The van der Waals surface area contributed by atoms with Gasteiger partial charge < -0.3 is 20.9 Å². The van der Waals surface area contributed by atoms with E-state index in [4.69, 9.17) is 10.5 Å². The van der Waals surface area contributed by atoms with Crippen molar-refractivity contribution in [3.05, 3.63) is 48.6 Å². The lowest BCUT2D eigenvalue weighted by Crippen LogP contribution is -2.40. The van der Waals surface area contributed by atoms with Crippen LogP contribution < -0.4 is 11.1 Å². The normalized spacial score (nSPS) is 13.3. The van der Waals surface area contributed by atoms with E-state index >= 15 is 0 Å². The molecule has 4 N–H and O–H groups in total. The molecule has 0 saturated carbocycles. The zero-order valence-electron chi connectivity index (χ0n) is 30.1. The molecule has 0 fully saturated rings. The summed E-state index contributed by atoms with van der Waals surface area (Å²) in [5.41, 5.74) is 5.47. The first-order chi connectivity index (χ1) is 22.9. The van der Waals surface area contributed by atoms with E-state index in [1.165, 1.54) is 64.2 Å². The first kappa shape index (κ1) is 44.3. The minimum atomic E-state index is -1.03. The van der Waals surface area contributed by atoms with Crippen molar-refractivity contribution >= 4 is 17.8 Å². The highest BCUT2D eigenvalue weighted by Crippen LogP contribution is 2.15. The van der Waals surface area contributed by atoms with E-state index in [1.54, 1.807) is 0 Å². The van der Waals surface area contributed by atoms with Crippen LogP contribution in [0.25, 0.3) is 0 Å². The molecule has 0 aromatic carbocycles. The molecule has 7 heteroatoms. The minimum absolute atomic E-state index is 0.138. The first-order valence-electron chi connectivity index (χ1n) is 19.0. The van der Waals surface area contributed by atoms with Crippen LogP contribution in [-0.4, -0.2) is 41.6 Å². The highest BCUT2D eigenvalue weighted by molar-refractivity contribution is 5.83. The van der Waals surface area contributed by atoms with Crippen LogP contribution in [-0.2, 0) is 19.1 Å². The number of hydrogen-bond donors (Lipinski definition) is 3. The Bertz CT molecular complexity index is 880. The molecular weight excluding hydrogens is 588 g/mol. The van der Waals surface area contributed by atoms with Crippen LogP contribution in [0.3, 0.4) is 0 Å². The van der Waals surface area contributed by atoms with Gasteiger partial charge in [0, 0.05) is 12.8 Å². The summed E-state index contributed by atoms with van der Waals surface area (Å²) in [5, 5.41) is 11.9. The summed E-state index contributed by atoms with van der Waals surface area (Å²) in [6.45, 7) is 4.78. The van der Waals surface area contributed by atoms with Crippen LogP contribution >= 0.6 is 0 Å². The number of aliphatic carboxylic acids is 1. The topological polar surface area (TPSA) is 119 Å². The molecule has 0 bridgehead atoms. The fourth-order valence-electron chi connectivity index (χ4n) is 5.30. The van der Waals surface area contributed by atoms with E-state index in [2.05, 4.69) is 61.7 Å². The predicted octanol–water partition coefficient (Wildman–Crippen LogP) is 10.1. The van der Waals surface area contributed by atoms with E-state index < -0.39 is 12.0 Å². The van der Waals surface area contributed by atoms with Gasteiger partial charge >= 0.3 is 11.9 Å². The van der Waals surface area contributed by atoms with Crippen molar-refractivity contribution in [3.63, 3.8) is 0 Å². The number of hydrogen-bond acceptors (Lipinski definition) is 5. The quantitative estimate of drug-likeness (QED) is 0.0367. The lowest BCUT2D eigenvalue weighted by molar-refractivity contribution is -0.147. The fourth-order valence-corrected chi connectivity index (χ4v) is 5.30. The Kier molecular flexibility index (Phi) is 32.7. The molecule has 47 heavy (non-hydrogen) atoms. The highest BCUT2D eigenvalue weighted by atomic mass is 16.5. The number of nitrogens with two attached hydrogens (primary N) is 1. The Morgan fingerprint density at radius 2 is 1.15 bits per heavy atom. The molecule has 0 spiro atoms. The fraction of sp³-hybridized carbons (Fsp3) is 0.725. The van der Waals surface area contributed by atoms with Crippen LogP contribution in [0.5, 0.6) is 0 Å². The van der Waals surface area contributed by atoms with Gasteiger partial charge in [-0.25, -0.2) is 4.79 Å². The molecule has 270 valence electrons. The van der Waals surface area contributed by atoms with Gasteiger partial charge in [-0.2, -0.15) is 0 Å². The van der Waals surface area contributed by atoms with Crippen LogP contribution in [0, 0.1) is 0 Å². The molecule has 0 aromatic heterocycles. The van der Waals surface area contributed by atoms with E-state index in [1.807, 2.05) is 6.08 Å². The molecule has 1 amide bonds. The second-order valence-corrected chi connectivity index (χ2v) is 12.6. The number of nitrogens with one attached hydrogen (secondary N) is 1. The summed E-state index contributed by atoms with van der Waals surface area (Å²) in [4.78, 5) is 36.3. The molecule has 0 radical (unpaired) electrons. The molecule has 2 unspecified atom stereocenters. The smallest absolute Gasteiger partial charge is 0.326 e.